The van der Waals surface area contributed by atoms with E-state index in [0.717, 1.165) is 0 Å². The maximum absolute atomic E-state index is 11.5. The summed E-state index contributed by atoms with van der Waals surface area (Å²) >= 11 is 9.03. The lowest BCUT2D eigenvalue weighted by molar-refractivity contribution is 0.0782. The van der Waals surface area contributed by atoms with Crippen molar-refractivity contribution in [2.45, 2.75) is 6.92 Å². The molecule has 0 fully saturated rings. The van der Waals surface area contributed by atoms with Gasteiger partial charge in [-0.1, -0.05) is 11.6 Å². The number of ketones is 1. The Bertz CT molecular complexity index is 339. The smallest absolute Gasteiger partial charge is 0.189 e. The summed E-state index contributed by atoms with van der Waals surface area (Å²) < 4.78 is 5.73. The summed E-state index contributed by atoms with van der Waals surface area (Å²) in [6.45, 7) is 2.50. The summed E-state index contributed by atoms with van der Waals surface area (Å²) in [6.07, 6.45) is 0. The summed E-state index contributed by atoms with van der Waals surface area (Å²) in [5.74, 6) is -0.0459. The lowest BCUT2D eigenvalue weighted by atomic mass is 10.1. The first-order valence-electron chi connectivity index (χ1n) is 4.21. The molecule has 14 heavy (non-hydrogen) atoms. The average molecular weight is 278 g/mol. The first-order chi connectivity index (χ1) is 6.65. The van der Waals surface area contributed by atoms with Crippen LogP contribution in [0, 0.1) is 0 Å². The molecule has 0 aliphatic heterocycles. The number of ether oxygens (including phenoxy) is 1. The molecule has 1 rings (SSSR count). The van der Waals surface area contributed by atoms with Crippen molar-refractivity contribution in [3.05, 3.63) is 33.3 Å². The first-order valence-corrected chi connectivity index (χ1v) is 5.38. The van der Waals surface area contributed by atoms with Gasteiger partial charge in [-0.25, -0.2) is 0 Å². The van der Waals surface area contributed by atoms with Crippen LogP contribution < -0.4 is 0 Å². The van der Waals surface area contributed by atoms with E-state index in [1.807, 2.05) is 6.92 Å². The number of hydrogen-bond acceptors (Lipinski definition) is 2. The van der Waals surface area contributed by atoms with Crippen LogP contribution in [0.2, 0.25) is 5.02 Å². The van der Waals surface area contributed by atoms with Gasteiger partial charge in [0.2, 0.25) is 0 Å². The molecular weight excluding hydrogens is 267 g/mol. The number of Topliss-reactive ketones (excluding diaryl/α,β-unsaturated/α-hetero) is 1. The summed E-state index contributed by atoms with van der Waals surface area (Å²) in [7, 11) is 0. The zero-order chi connectivity index (χ0) is 10.6. The molecule has 0 atom stereocenters. The fourth-order valence-corrected chi connectivity index (χ4v) is 1.89. The molecule has 0 bridgehead atoms. The van der Waals surface area contributed by atoms with Crippen molar-refractivity contribution in [2.75, 3.05) is 13.2 Å². The fourth-order valence-electron chi connectivity index (χ4n) is 0.988. The highest BCUT2D eigenvalue weighted by molar-refractivity contribution is 9.10. The maximum atomic E-state index is 11.5. The van der Waals surface area contributed by atoms with Gasteiger partial charge in [-0.05, 0) is 41.1 Å². The van der Waals surface area contributed by atoms with E-state index in [2.05, 4.69) is 15.9 Å². The van der Waals surface area contributed by atoms with E-state index < -0.39 is 0 Å². The largest absolute Gasteiger partial charge is 0.374 e. The van der Waals surface area contributed by atoms with Crippen LogP contribution in [-0.2, 0) is 4.74 Å². The molecule has 0 saturated carbocycles. The number of carbonyl (C=O) groups is 1. The van der Waals surface area contributed by atoms with Crippen molar-refractivity contribution in [1.29, 1.82) is 0 Å². The van der Waals surface area contributed by atoms with Gasteiger partial charge in [-0.2, -0.15) is 0 Å². The van der Waals surface area contributed by atoms with E-state index in [1.54, 1.807) is 18.2 Å². The molecule has 0 amide bonds. The molecule has 0 saturated heterocycles. The summed E-state index contributed by atoms with van der Waals surface area (Å²) in [4.78, 5) is 11.5. The molecule has 4 heteroatoms. The van der Waals surface area contributed by atoms with Crippen LogP contribution in [0.15, 0.2) is 22.7 Å². The first kappa shape index (κ1) is 11.7. The van der Waals surface area contributed by atoms with Crippen molar-refractivity contribution in [2.24, 2.45) is 0 Å². The van der Waals surface area contributed by atoms with E-state index in [1.165, 1.54) is 0 Å². The zero-order valence-corrected chi connectivity index (χ0v) is 10.1. The van der Waals surface area contributed by atoms with Crippen LogP contribution in [0.4, 0.5) is 0 Å². The standard InChI is InChI=1S/C10H10BrClO2/c1-2-14-6-10(13)8-4-3-7(12)5-9(8)11/h3-5H,2,6H2,1H3. The summed E-state index contributed by atoms with van der Waals surface area (Å²) in [6, 6.07) is 5.07. The van der Waals surface area contributed by atoms with Gasteiger partial charge in [-0.15, -0.1) is 0 Å². The Morgan fingerprint density at radius 1 is 1.57 bits per heavy atom. The van der Waals surface area contributed by atoms with Gasteiger partial charge < -0.3 is 4.74 Å². The third-order valence-electron chi connectivity index (χ3n) is 1.67. The highest BCUT2D eigenvalue weighted by atomic mass is 79.9. The lowest BCUT2D eigenvalue weighted by Crippen LogP contribution is -2.09. The third kappa shape index (κ3) is 3.08. The van der Waals surface area contributed by atoms with Crippen LogP contribution in [0.25, 0.3) is 0 Å². The molecule has 0 radical (unpaired) electrons. The Labute approximate surface area is 96.3 Å². The minimum atomic E-state index is -0.0459. The average Bonchev–Trinajstić information content (AvgIpc) is 2.14. The molecule has 0 aliphatic carbocycles. The minimum absolute atomic E-state index is 0.0459. The Morgan fingerprint density at radius 2 is 2.29 bits per heavy atom. The van der Waals surface area contributed by atoms with E-state index in [0.29, 0.717) is 21.7 Å². The van der Waals surface area contributed by atoms with Crippen LogP contribution in [-0.4, -0.2) is 19.0 Å². The topological polar surface area (TPSA) is 26.3 Å². The van der Waals surface area contributed by atoms with Crippen molar-refractivity contribution in [1.82, 2.24) is 0 Å². The maximum Gasteiger partial charge on any atom is 0.189 e. The van der Waals surface area contributed by atoms with Crippen LogP contribution >= 0.6 is 27.5 Å². The van der Waals surface area contributed by atoms with E-state index >= 15 is 0 Å². The third-order valence-corrected chi connectivity index (χ3v) is 2.56. The van der Waals surface area contributed by atoms with Crippen LogP contribution in [0.5, 0.6) is 0 Å². The molecule has 0 N–H and O–H groups in total. The number of halogens is 2. The predicted octanol–water partition coefficient (Wildman–Crippen LogP) is 3.32. The highest BCUT2D eigenvalue weighted by Gasteiger charge is 2.09. The predicted molar refractivity (Wildman–Crippen MR) is 60.0 cm³/mol. The monoisotopic (exact) mass is 276 g/mol. The van der Waals surface area contributed by atoms with Crippen molar-refractivity contribution in [3.8, 4) is 0 Å². The van der Waals surface area contributed by atoms with Gasteiger partial charge in [-0.3, -0.25) is 4.79 Å². The Hall–Kier alpha value is -0.380. The Kier molecular flexibility index (Phi) is 4.58. The van der Waals surface area contributed by atoms with Crippen molar-refractivity contribution in [3.63, 3.8) is 0 Å². The number of carbonyl (C=O) groups excluding carboxylic acids is 1. The van der Waals surface area contributed by atoms with Gasteiger partial charge in [0, 0.05) is 21.7 Å². The molecular formula is C10H10BrClO2. The number of benzene rings is 1. The van der Waals surface area contributed by atoms with Gasteiger partial charge in [0.15, 0.2) is 5.78 Å². The molecule has 1 aromatic carbocycles. The second-order valence-corrected chi connectivity index (χ2v) is 3.98. The van der Waals surface area contributed by atoms with Crippen molar-refractivity contribution >= 4 is 33.3 Å². The number of rotatable bonds is 4. The van der Waals surface area contributed by atoms with Crippen molar-refractivity contribution < 1.29 is 9.53 Å². The van der Waals surface area contributed by atoms with Gasteiger partial charge in [0.1, 0.15) is 6.61 Å². The Balaban J connectivity index is 2.80. The normalized spacial score (nSPS) is 10.2. The minimum Gasteiger partial charge on any atom is -0.374 e. The quantitative estimate of drug-likeness (QED) is 0.789. The molecule has 1 aromatic rings. The van der Waals surface area contributed by atoms with Crippen LogP contribution in [0.3, 0.4) is 0 Å². The molecule has 76 valence electrons. The molecule has 2 nitrogen and oxygen atoms in total. The molecule has 0 unspecified atom stereocenters. The van der Waals surface area contributed by atoms with Gasteiger partial charge in [0.05, 0.1) is 0 Å². The van der Waals surface area contributed by atoms with Crippen LogP contribution in [0.1, 0.15) is 17.3 Å². The van der Waals surface area contributed by atoms with E-state index in [-0.39, 0.29) is 12.4 Å². The number of hydrogen-bond donors (Lipinski definition) is 0. The lowest BCUT2D eigenvalue weighted by Gasteiger charge is -2.03. The summed E-state index contributed by atoms with van der Waals surface area (Å²) in [5, 5.41) is 0.602. The molecule has 0 aromatic heterocycles. The van der Waals surface area contributed by atoms with E-state index in [9.17, 15) is 4.79 Å². The molecule has 0 aliphatic rings. The second-order valence-electron chi connectivity index (χ2n) is 2.68. The second kappa shape index (κ2) is 5.49. The molecule has 0 spiro atoms. The van der Waals surface area contributed by atoms with Gasteiger partial charge >= 0.3 is 0 Å². The fraction of sp³-hybridized carbons (Fsp3) is 0.300. The van der Waals surface area contributed by atoms with Gasteiger partial charge in [0.25, 0.3) is 0 Å². The molecule has 0 heterocycles. The summed E-state index contributed by atoms with van der Waals surface area (Å²) in [5.41, 5.74) is 0.600. The SMILES string of the molecule is CCOCC(=O)c1ccc(Cl)cc1Br. The highest BCUT2D eigenvalue weighted by Crippen LogP contribution is 2.21. The Morgan fingerprint density at radius 3 is 2.86 bits per heavy atom. The van der Waals surface area contributed by atoms with E-state index in [4.69, 9.17) is 16.3 Å². The zero-order valence-electron chi connectivity index (χ0n) is 7.72.